The molecule has 0 radical (unpaired) electrons. The molecule has 6 heteroatoms. The van der Waals surface area contributed by atoms with Crippen LogP contribution in [0.15, 0.2) is 0 Å². The van der Waals surface area contributed by atoms with Gasteiger partial charge in [-0.25, -0.2) is 11.4 Å². The molecule has 0 bridgehead atoms. The summed E-state index contributed by atoms with van der Waals surface area (Å²) in [5, 5.41) is 0. The normalized spacial score (nSPS) is 11.0. The van der Waals surface area contributed by atoms with E-state index in [1.807, 2.05) is 0 Å². The van der Waals surface area contributed by atoms with Gasteiger partial charge in [-0.05, 0) is 6.42 Å². The van der Waals surface area contributed by atoms with Crippen molar-refractivity contribution in [1.29, 1.82) is 0 Å². The minimum Gasteiger partial charge on any atom is -0.376 e. The Balaban J connectivity index is 3.12. The third-order valence-corrected chi connectivity index (χ3v) is 4.37. The molecule has 0 heterocycles. The first-order valence-electron chi connectivity index (χ1n) is 10.6. The van der Waals surface area contributed by atoms with E-state index in [1.165, 1.54) is 70.6 Å². The Labute approximate surface area is 160 Å². The van der Waals surface area contributed by atoms with Crippen molar-refractivity contribution in [1.82, 2.24) is 5.48 Å². The molecule has 26 heavy (non-hydrogen) atoms. The van der Waals surface area contributed by atoms with Crippen molar-refractivity contribution in [2.24, 2.45) is 5.90 Å². The maximum Gasteiger partial charge on any atom is 0.243 e. The average Bonchev–Trinajstić information content (AvgIpc) is 2.64. The molecule has 0 aromatic carbocycles. The molecule has 0 saturated heterocycles. The van der Waals surface area contributed by atoms with E-state index in [9.17, 15) is 4.79 Å². The van der Waals surface area contributed by atoms with Gasteiger partial charge in [0.1, 0.15) is 0 Å². The fraction of sp³-hybridized carbons (Fsp3) is 0.950. The van der Waals surface area contributed by atoms with Crippen LogP contribution in [0, 0.1) is 0 Å². The smallest absolute Gasteiger partial charge is 0.243 e. The molecule has 0 atom stereocenters. The molecule has 0 saturated carbocycles. The van der Waals surface area contributed by atoms with Gasteiger partial charge >= 0.3 is 0 Å². The van der Waals surface area contributed by atoms with Crippen LogP contribution in [-0.2, 0) is 19.2 Å². The van der Waals surface area contributed by atoms with Crippen LogP contribution in [0.2, 0.25) is 0 Å². The van der Waals surface area contributed by atoms with E-state index in [4.69, 9.17) is 15.5 Å². The zero-order chi connectivity index (χ0) is 19.1. The maximum atomic E-state index is 11.6. The Bertz CT molecular complexity index is 291. The molecule has 0 spiro atoms. The van der Waals surface area contributed by atoms with E-state index >= 15 is 0 Å². The minimum absolute atomic E-state index is 0.0571. The molecule has 156 valence electrons. The average molecular weight is 375 g/mol. The lowest BCUT2D eigenvalue weighted by Crippen LogP contribution is -2.25. The van der Waals surface area contributed by atoms with Gasteiger partial charge in [-0.15, -0.1) is 0 Å². The Morgan fingerprint density at radius 1 is 0.731 bits per heavy atom. The van der Waals surface area contributed by atoms with Gasteiger partial charge in [0.05, 0.1) is 26.4 Å². The van der Waals surface area contributed by atoms with Crippen LogP contribution in [-0.4, -0.2) is 32.3 Å². The van der Waals surface area contributed by atoms with E-state index in [2.05, 4.69) is 17.2 Å². The van der Waals surface area contributed by atoms with Crippen molar-refractivity contribution in [2.45, 2.75) is 96.8 Å². The second-order valence-corrected chi connectivity index (χ2v) is 6.85. The molecule has 0 aliphatic carbocycles. The number of nitrogens with two attached hydrogens (primary N) is 1. The predicted molar refractivity (Wildman–Crippen MR) is 105 cm³/mol. The zero-order valence-electron chi connectivity index (χ0n) is 16.9. The number of carbonyl (C=O) groups excluding carboxylic acids is 1. The van der Waals surface area contributed by atoms with Crippen molar-refractivity contribution in [2.75, 3.05) is 26.4 Å². The minimum atomic E-state index is -0.0571. The van der Waals surface area contributed by atoms with Gasteiger partial charge in [-0.1, -0.05) is 84.0 Å². The second kappa shape index (κ2) is 22.4. The third-order valence-electron chi connectivity index (χ3n) is 4.37. The summed E-state index contributed by atoms with van der Waals surface area (Å²) in [5.74, 6) is 4.81. The largest absolute Gasteiger partial charge is 0.376 e. The van der Waals surface area contributed by atoms with Crippen molar-refractivity contribution in [3.05, 3.63) is 0 Å². The molecule has 0 rings (SSSR count). The second-order valence-electron chi connectivity index (χ2n) is 6.85. The lowest BCUT2D eigenvalue weighted by atomic mass is 10.0. The lowest BCUT2D eigenvalue weighted by Gasteiger charge is -2.06. The first-order valence-corrected chi connectivity index (χ1v) is 10.6. The number of unbranched alkanes of at least 4 members (excludes halogenated alkanes) is 12. The number of amides is 1. The molecule has 0 aromatic rings. The van der Waals surface area contributed by atoms with E-state index in [0.717, 1.165) is 12.8 Å². The number of hydroxylamine groups is 1. The quantitative estimate of drug-likeness (QED) is 0.229. The Morgan fingerprint density at radius 3 is 1.77 bits per heavy atom. The molecule has 0 unspecified atom stereocenters. The summed E-state index contributed by atoms with van der Waals surface area (Å²) in [6.45, 7) is 3.77. The first-order chi connectivity index (χ1) is 12.8. The van der Waals surface area contributed by atoms with E-state index in [1.54, 1.807) is 0 Å². The summed E-state index contributed by atoms with van der Waals surface area (Å²) in [6, 6.07) is 0. The van der Waals surface area contributed by atoms with Gasteiger partial charge in [0.25, 0.3) is 0 Å². The summed E-state index contributed by atoms with van der Waals surface area (Å²) in [6.07, 6.45) is 17.5. The highest BCUT2D eigenvalue weighted by molar-refractivity contribution is 5.74. The fourth-order valence-electron chi connectivity index (χ4n) is 2.80. The molecule has 0 fully saturated rings. The van der Waals surface area contributed by atoms with Gasteiger partial charge in [0.15, 0.2) is 0 Å². The van der Waals surface area contributed by atoms with E-state index in [-0.39, 0.29) is 5.91 Å². The highest BCUT2D eigenvalue weighted by atomic mass is 16.7. The molecule has 6 nitrogen and oxygen atoms in total. The Kier molecular flexibility index (Phi) is 21.8. The summed E-state index contributed by atoms with van der Waals surface area (Å²) < 4.78 is 5.16. The number of nitrogens with one attached hydrogen (secondary N) is 1. The summed E-state index contributed by atoms with van der Waals surface area (Å²) in [4.78, 5) is 21.0. The van der Waals surface area contributed by atoms with Gasteiger partial charge in [0, 0.05) is 6.42 Å². The molecular weight excluding hydrogens is 332 g/mol. The molecule has 0 aliphatic heterocycles. The van der Waals surface area contributed by atoms with Crippen LogP contribution in [0.25, 0.3) is 0 Å². The molecule has 1 amide bonds. The summed E-state index contributed by atoms with van der Waals surface area (Å²) in [7, 11) is 0. The third kappa shape index (κ3) is 21.4. The summed E-state index contributed by atoms with van der Waals surface area (Å²) in [5.41, 5.74) is 2.44. The van der Waals surface area contributed by atoms with Crippen molar-refractivity contribution in [3.63, 3.8) is 0 Å². The number of hydrogen-bond donors (Lipinski definition) is 2. The summed E-state index contributed by atoms with van der Waals surface area (Å²) >= 11 is 0. The van der Waals surface area contributed by atoms with Gasteiger partial charge in [-0.2, -0.15) is 0 Å². The van der Waals surface area contributed by atoms with Crippen molar-refractivity contribution in [3.8, 4) is 0 Å². The number of carbonyl (C=O) groups is 1. The predicted octanol–water partition coefficient (Wildman–Crippen LogP) is 4.42. The standard InChI is InChI=1S/C20H42N2O4/c1-2-3-4-5-6-7-8-9-10-11-12-13-14-15-20(23)22-26-19-17-24-16-18-25-21/h2-19,21H2,1H3,(H,22,23). The maximum absolute atomic E-state index is 11.6. The van der Waals surface area contributed by atoms with Crippen LogP contribution >= 0.6 is 0 Å². The number of ether oxygens (including phenoxy) is 1. The van der Waals surface area contributed by atoms with Crippen molar-refractivity contribution >= 4 is 5.91 Å². The van der Waals surface area contributed by atoms with Crippen LogP contribution in [0.5, 0.6) is 0 Å². The first kappa shape index (κ1) is 25.3. The molecule has 0 aromatic heterocycles. The monoisotopic (exact) mass is 374 g/mol. The fourth-order valence-corrected chi connectivity index (χ4v) is 2.80. The van der Waals surface area contributed by atoms with Gasteiger partial charge in [0.2, 0.25) is 5.91 Å². The zero-order valence-corrected chi connectivity index (χ0v) is 16.9. The van der Waals surface area contributed by atoms with E-state index < -0.39 is 0 Å². The van der Waals surface area contributed by atoms with Crippen LogP contribution in [0.4, 0.5) is 0 Å². The van der Waals surface area contributed by atoms with Crippen molar-refractivity contribution < 1.29 is 19.2 Å². The molecular formula is C20H42N2O4. The number of hydrogen-bond acceptors (Lipinski definition) is 5. The van der Waals surface area contributed by atoms with Crippen LogP contribution < -0.4 is 11.4 Å². The highest BCUT2D eigenvalue weighted by Gasteiger charge is 2.01. The lowest BCUT2D eigenvalue weighted by molar-refractivity contribution is -0.135. The van der Waals surface area contributed by atoms with Gasteiger partial charge in [-0.3, -0.25) is 9.63 Å². The number of rotatable bonds is 21. The highest BCUT2D eigenvalue weighted by Crippen LogP contribution is 2.12. The molecule has 0 aliphatic rings. The van der Waals surface area contributed by atoms with Crippen LogP contribution in [0.1, 0.15) is 96.8 Å². The van der Waals surface area contributed by atoms with E-state index in [0.29, 0.717) is 32.8 Å². The van der Waals surface area contributed by atoms with Gasteiger partial charge < -0.3 is 9.57 Å². The molecule has 3 N–H and O–H groups in total. The SMILES string of the molecule is CCCCCCCCCCCCCCCC(=O)NOCCOCCON. The Morgan fingerprint density at radius 2 is 1.23 bits per heavy atom. The topological polar surface area (TPSA) is 82.8 Å². The Hall–Kier alpha value is -0.690. The van der Waals surface area contributed by atoms with Crippen LogP contribution in [0.3, 0.4) is 0 Å².